The first-order chi connectivity index (χ1) is 8.49. The van der Waals surface area contributed by atoms with Crippen LogP contribution in [-0.2, 0) is 6.54 Å². The maximum atomic E-state index is 3.54. The third-order valence-corrected chi connectivity index (χ3v) is 4.74. The van der Waals surface area contributed by atoms with Crippen LogP contribution in [0.3, 0.4) is 0 Å². The number of rotatable bonds is 4. The minimum absolute atomic E-state index is 0.712. The molecule has 18 heavy (non-hydrogen) atoms. The quantitative estimate of drug-likeness (QED) is 0.850. The summed E-state index contributed by atoms with van der Waals surface area (Å²) in [7, 11) is 0. The number of hydrogen-bond donors (Lipinski definition) is 1. The van der Waals surface area contributed by atoms with E-state index in [-0.39, 0.29) is 0 Å². The summed E-state index contributed by atoms with van der Waals surface area (Å²) < 4.78 is 1.43. The molecule has 1 aromatic carbocycles. The van der Waals surface area contributed by atoms with Crippen molar-refractivity contribution >= 4 is 21.4 Å². The van der Waals surface area contributed by atoms with Gasteiger partial charge in [0.05, 0.1) is 0 Å². The van der Waals surface area contributed by atoms with Crippen molar-refractivity contribution in [3.8, 4) is 0 Å². The molecule has 0 aliphatic heterocycles. The molecule has 0 aliphatic rings. The number of aryl methyl sites for hydroxylation is 3. The van der Waals surface area contributed by atoms with E-state index in [2.05, 4.69) is 52.1 Å². The molecule has 2 heteroatoms. The largest absolute Gasteiger partial charge is 0.312 e. The number of hydrogen-bond acceptors (Lipinski definition) is 2. The molecule has 0 saturated carbocycles. The minimum atomic E-state index is 0.712. The summed E-state index contributed by atoms with van der Waals surface area (Å²) in [5, 5.41) is 4.98. The van der Waals surface area contributed by atoms with Crippen LogP contribution >= 0.6 is 11.3 Å². The maximum absolute atomic E-state index is 3.54. The van der Waals surface area contributed by atoms with Crippen LogP contribution in [0.15, 0.2) is 12.1 Å². The molecular weight excluding hydrogens is 238 g/mol. The molecule has 0 atom stereocenters. The Hall–Kier alpha value is -0.860. The minimum Gasteiger partial charge on any atom is -0.312 e. The molecule has 0 unspecified atom stereocenters. The van der Waals surface area contributed by atoms with E-state index in [1.807, 2.05) is 11.3 Å². The fourth-order valence-corrected chi connectivity index (χ4v) is 3.43. The summed E-state index contributed by atoms with van der Waals surface area (Å²) in [4.78, 5) is 1.48. The molecule has 1 aromatic heterocycles. The number of benzene rings is 1. The van der Waals surface area contributed by atoms with Gasteiger partial charge in [-0.1, -0.05) is 19.9 Å². The van der Waals surface area contributed by atoms with E-state index in [0.717, 1.165) is 13.1 Å². The van der Waals surface area contributed by atoms with Crippen LogP contribution in [0.1, 0.15) is 35.4 Å². The molecule has 1 N–H and O–H groups in total. The van der Waals surface area contributed by atoms with Crippen LogP contribution in [-0.4, -0.2) is 6.54 Å². The Kier molecular flexibility index (Phi) is 4.08. The van der Waals surface area contributed by atoms with Gasteiger partial charge < -0.3 is 5.32 Å². The zero-order chi connectivity index (χ0) is 13.3. The van der Waals surface area contributed by atoms with Gasteiger partial charge >= 0.3 is 0 Å². The van der Waals surface area contributed by atoms with Gasteiger partial charge in [-0.2, -0.15) is 0 Å². The predicted octanol–water partition coefficient (Wildman–Crippen LogP) is 4.57. The molecule has 0 saturated heterocycles. The number of nitrogens with one attached hydrogen (secondary N) is 1. The maximum Gasteiger partial charge on any atom is 0.0351 e. The molecule has 0 radical (unpaired) electrons. The number of thiophene rings is 1. The smallest absolute Gasteiger partial charge is 0.0351 e. The van der Waals surface area contributed by atoms with E-state index in [1.165, 1.54) is 31.7 Å². The van der Waals surface area contributed by atoms with Gasteiger partial charge in [-0.15, -0.1) is 11.3 Å². The van der Waals surface area contributed by atoms with Crippen LogP contribution in [0.25, 0.3) is 10.1 Å². The first-order valence-corrected chi connectivity index (χ1v) is 7.50. The molecule has 0 amide bonds. The van der Waals surface area contributed by atoms with Crippen LogP contribution in [0.4, 0.5) is 0 Å². The third-order valence-electron chi connectivity index (χ3n) is 3.49. The second kappa shape index (κ2) is 5.41. The van der Waals surface area contributed by atoms with Gasteiger partial charge in [0.15, 0.2) is 0 Å². The van der Waals surface area contributed by atoms with E-state index in [4.69, 9.17) is 0 Å². The van der Waals surface area contributed by atoms with Gasteiger partial charge in [-0.25, -0.2) is 0 Å². The topological polar surface area (TPSA) is 12.0 Å². The molecule has 98 valence electrons. The highest BCUT2D eigenvalue weighted by atomic mass is 32.1. The van der Waals surface area contributed by atoms with Crippen molar-refractivity contribution in [1.29, 1.82) is 0 Å². The normalized spacial score (nSPS) is 11.7. The summed E-state index contributed by atoms with van der Waals surface area (Å²) in [6, 6.07) is 4.66. The van der Waals surface area contributed by atoms with E-state index in [0.29, 0.717) is 5.92 Å². The van der Waals surface area contributed by atoms with E-state index >= 15 is 0 Å². The Balaban J connectivity index is 2.27. The van der Waals surface area contributed by atoms with Crippen LogP contribution < -0.4 is 5.32 Å². The Morgan fingerprint density at radius 1 is 1.11 bits per heavy atom. The summed E-state index contributed by atoms with van der Waals surface area (Å²) in [5.74, 6) is 0.712. The standard InChI is InChI=1S/C16H23NS/c1-10(2)8-17-9-16-13(5)14-6-11(3)12(4)7-15(14)18-16/h6-7,10,17H,8-9H2,1-5H3. The summed E-state index contributed by atoms with van der Waals surface area (Å²) in [5.41, 5.74) is 4.24. The van der Waals surface area contributed by atoms with Crippen LogP contribution in [0.2, 0.25) is 0 Å². The molecule has 2 rings (SSSR count). The van der Waals surface area contributed by atoms with Crippen molar-refractivity contribution in [1.82, 2.24) is 5.32 Å². The highest BCUT2D eigenvalue weighted by molar-refractivity contribution is 7.19. The van der Waals surface area contributed by atoms with Crippen LogP contribution in [0.5, 0.6) is 0 Å². The lowest BCUT2D eigenvalue weighted by atomic mass is 10.1. The fraction of sp³-hybridized carbons (Fsp3) is 0.500. The highest BCUT2D eigenvalue weighted by Crippen LogP contribution is 2.32. The van der Waals surface area contributed by atoms with Gasteiger partial charge in [0, 0.05) is 16.1 Å². The fourth-order valence-electron chi connectivity index (χ4n) is 2.17. The molecule has 0 bridgehead atoms. The molecule has 0 spiro atoms. The molecule has 0 aliphatic carbocycles. The van der Waals surface area contributed by atoms with Crippen molar-refractivity contribution < 1.29 is 0 Å². The van der Waals surface area contributed by atoms with Gasteiger partial charge in [-0.3, -0.25) is 0 Å². The van der Waals surface area contributed by atoms with Crippen molar-refractivity contribution in [3.05, 3.63) is 33.7 Å². The Morgan fingerprint density at radius 2 is 1.78 bits per heavy atom. The first-order valence-electron chi connectivity index (χ1n) is 6.69. The molecular formula is C16H23NS. The average Bonchev–Trinajstić information content (AvgIpc) is 2.57. The summed E-state index contributed by atoms with van der Waals surface area (Å²) in [6.07, 6.45) is 0. The first kappa shape index (κ1) is 13.6. The second-order valence-corrected chi connectivity index (χ2v) is 6.74. The van der Waals surface area contributed by atoms with E-state index in [1.54, 1.807) is 0 Å². The summed E-state index contributed by atoms with van der Waals surface area (Å²) >= 11 is 1.94. The molecule has 2 aromatic rings. The molecule has 1 nitrogen and oxygen atoms in total. The predicted molar refractivity (Wildman–Crippen MR) is 82.6 cm³/mol. The highest BCUT2D eigenvalue weighted by Gasteiger charge is 2.09. The van der Waals surface area contributed by atoms with Crippen molar-refractivity contribution in [2.24, 2.45) is 5.92 Å². The second-order valence-electron chi connectivity index (χ2n) is 5.61. The summed E-state index contributed by atoms with van der Waals surface area (Å²) in [6.45, 7) is 13.2. The van der Waals surface area contributed by atoms with Crippen molar-refractivity contribution in [2.75, 3.05) is 6.54 Å². The SMILES string of the molecule is Cc1cc2sc(CNCC(C)C)c(C)c2cc1C. The van der Waals surface area contributed by atoms with E-state index < -0.39 is 0 Å². The van der Waals surface area contributed by atoms with E-state index in [9.17, 15) is 0 Å². The Labute approximate surface area is 114 Å². The number of fused-ring (bicyclic) bond motifs is 1. The van der Waals surface area contributed by atoms with Gasteiger partial charge in [0.2, 0.25) is 0 Å². The van der Waals surface area contributed by atoms with Crippen molar-refractivity contribution in [3.63, 3.8) is 0 Å². The zero-order valence-electron chi connectivity index (χ0n) is 12.1. The van der Waals surface area contributed by atoms with Gasteiger partial charge in [-0.05, 0) is 61.4 Å². The van der Waals surface area contributed by atoms with Gasteiger partial charge in [0.1, 0.15) is 0 Å². The molecule has 0 fully saturated rings. The van der Waals surface area contributed by atoms with Gasteiger partial charge in [0.25, 0.3) is 0 Å². The van der Waals surface area contributed by atoms with Crippen LogP contribution in [0, 0.1) is 26.7 Å². The lowest BCUT2D eigenvalue weighted by Crippen LogP contribution is -2.18. The molecule has 1 heterocycles. The zero-order valence-corrected chi connectivity index (χ0v) is 12.9. The third kappa shape index (κ3) is 2.76. The lowest BCUT2D eigenvalue weighted by molar-refractivity contribution is 0.554. The Morgan fingerprint density at radius 3 is 2.44 bits per heavy atom. The van der Waals surface area contributed by atoms with Crippen molar-refractivity contribution in [2.45, 2.75) is 41.2 Å². The lowest BCUT2D eigenvalue weighted by Gasteiger charge is -2.06. The monoisotopic (exact) mass is 261 g/mol. The Bertz CT molecular complexity index is 552. The average molecular weight is 261 g/mol.